The van der Waals surface area contributed by atoms with Crippen LogP contribution in [0.25, 0.3) is 0 Å². The Morgan fingerprint density at radius 1 is 1.11 bits per heavy atom. The van der Waals surface area contributed by atoms with Crippen LogP contribution in [-0.2, 0) is 6.61 Å². The summed E-state index contributed by atoms with van der Waals surface area (Å²) < 4.78 is 11.4. The van der Waals surface area contributed by atoms with Crippen LogP contribution in [0.3, 0.4) is 0 Å². The van der Waals surface area contributed by atoms with E-state index in [0.29, 0.717) is 17.5 Å². The number of rotatable bonds is 9. The first kappa shape index (κ1) is 19.2. The van der Waals surface area contributed by atoms with Gasteiger partial charge in [-0.15, -0.1) is 10.2 Å². The molecule has 0 bridgehead atoms. The normalized spacial score (nSPS) is 10.7. The van der Waals surface area contributed by atoms with Crippen molar-refractivity contribution in [2.45, 2.75) is 38.5 Å². The number of carbonyl (C=O) groups excluding carboxylic acids is 1. The van der Waals surface area contributed by atoms with Crippen LogP contribution in [0.2, 0.25) is 0 Å². The van der Waals surface area contributed by atoms with Gasteiger partial charge >= 0.3 is 0 Å². The summed E-state index contributed by atoms with van der Waals surface area (Å²) in [7, 11) is 0. The lowest BCUT2D eigenvalue weighted by atomic mass is 10.1. The maximum atomic E-state index is 12.1. The number of nitrogens with zero attached hydrogens (tertiary/aromatic N) is 2. The summed E-state index contributed by atoms with van der Waals surface area (Å²) in [4.78, 5) is 12.1. The Morgan fingerprint density at radius 2 is 1.93 bits per heavy atom. The van der Waals surface area contributed by atoms with Gasteiger partial charge in [0.1, 0.15) is 5.75 Å². The predicted molar refractivity (Wildman–Crippen MR) is 105 cm³/mol. The Kier molecular flexibility index (Phi) is 6.65. The zero-order valence-corrected chi connectivity index (χ0v) is 16.3. The van der Waals surface area contributed by atoms with E-state index in [4.69, 9.17) is 9.15 Å². The molecule has 2 aromatic carbocycles. The molecule has 0 aliphatic carbocycles. The zero-order chi connectivity index (χ0) is 19.1. The number of thioether (sulfide) groups is 1. The molecule has 0 aliphatic heterocycles. The molecule has 3 rings (SSSR count). The molecule has 0 amide bonds. The minimum absolute atomic E-state index is 0.157. The highest BCUT2D eigenvalue weighted by molar-refractivity contribution is 7.99. The lowest BCUT2D eigenvalue weighted by Crippen LogP contribution is -1.99. The van der Waals surface area contributed by atoms with Gasteiger partial charge in [-0.3, -0.25) is 4.79 Å². The van der Waals surface area contributed by atoms with Gasteiger partial charge in [0.15, 0.2) is 12.4 Å². The number of Topliss-reactive ketones (excluding diaryl/α,β-unsaturated/α-hetero) is 1. The molecule has 1 aromatic heterocycles. The van der Waals surface area contributed by atoms with Gasteiger partial charge in [-0.1, -0.05) is 54.2 Å². The Balaban J connectivity index is 1.42. The fraction of sp³-hybridized carbons (Fsp3) is 0.286. The maximum absolute atomic E-state index is 12.1. The fourth-order valence-corrected chi connectivity index (χ4v) is 3.23. The van der Waals surface area contributed by atoms with Crippen molar-refractivity contribution in [3.05, 3.63) is 71.1 Å². The molecule has 0 atom stereocenters. The first-order chi connectivity index (χ1) is 13.1. The number of hydrogen-bond donors (Lipinski definition) is 0. The summed E-state index contributed by atoms with van der Waals surface area (Å²) in [5, 5.41) is 8.54. The zero-order valence-electron chi connectivity index (χ0n) is 15.5. The summed E-state index contributed by atoms with van der Waals surface area (Å²) in [6.45, 7) is 4.27. The highest BCUT2D eigenvalue weighted by atomic mass is 32.2. The number of ether oxygens (including phenoxy) is 1. The van der Waals surface area contributed by atoms with Gasteiger partial charge in [-0.25, -0.2) is 0 Å². The van der Waals surface area contributed by atoms with E-state index < -0.39 is 0 Å². The molecule has 140 valence electrons. The second kappa shape index (κ2) is 9.37. The third-order valence-electron chi connectivity index (χ3n) is 4.01. The molecule has 1 heterocycles. The van der Waals surface area contributed by atoms with Crippen LogP contribution in [-0.4, -0.2) is 21.7 Å². The topological polar surface area (TPSA) is 65.2 Å². The summed E-state index contributed by atoms with van der Waals surface area (Å²) >= 11 is 1.46. The molecule has 0 radical (unpaired) electrons. The van der Waals surface area contributed by atoms with Gasteiger partial charge < -0.3 is 9.15 Å². The average Bonchev–Trinajstić information content (AvgIpc) is 3.14. The van der Waals surface area contributed by atoms with E-state index in [-0.39, 0.29) is 12.4 Å². The smallest absolute Gasteiger partial charge is 0.276 e. The number of ketones is 1. The van der Waals surface area contributed by atoms with Crippen molar-refractivity contribution in [1.82, 2.24) is 10.2 Å². The molecule has 5 nitrogen and oxygen atoms in total. The second-order valence-electron chi connectivity index (χ2n) is 6.26. The predicted octanol–water partition coefficient (Wildman–Crippen LogP) is 5.02. The van der Waals surface area contributed by atoms with E-state index in [9.17, 15) is 4.79 Å². The highest BCUT2D eigenvalue weighted by Gasteiger charge is 2.10. The van der Waals surface area contributed by atoms with Crippen LogP contribution < -0.4 is 4.74 Å². The van der Waals surface area contributed by atoms with Crippen molar-refractivity contribution in [2.24, 2.45) is 0 Å². The molecule has 0 saturated carbocycles. The largest absolute Gasteiger partial charge is 0.484 e. The van der Waals surface area contributed by atoms with Crippen molar-refractivity contribution in [1.29, 1.82) is 0 Å². The summed E-state index contributed by atoms with van der Waals surface area (Å²) in [5.41, 5.74) is 2.96. The first-order valence-electron chi connectivity index (χ1n) is 8.85. The SMILES string of the molecule is Cc1ccc(C)c(OCc2nnc(SCCCC(=O)c3ccccc3)o2)c1. The van der Waals surface area contributed by atoms with E-state index in [2.05, 4.69) is 10.2 Å². The number of carbonyl (C=O) groups is 1. The lowest BCUT2D eigenvalue weighted by Gasteiger charge is -2.07. The number of aryl methyl sites for hydroxylation is 2. The molecule has 3 aromatic rings. The fourth-order valence-electron chi connectivity index (χ4n) is 2.52. The number of aromatic nitrogens is 2. The van der Waals surface area contributed by atoms with Gasteiger partial charge in [0.25, 0.3) is 11.1 Å². The molecule has 0 spiro atoms. The lowest BCUT2D eigenvalue weighted by molar-refractivity contribution is 0.0982. The molecule has 6 heteroatoms. The van der Waals surface area contributed by atoms with E-state index in [1.807, 2.05) is 62.4 Å². The van der Waals surface area contributed by atoms with Gasteiger partial charge in [-0.05, 0) is 37.5 Å². The first-order valence-corrected chi connectivity index (χ1v) is 9.84. The quantitative estimate of drug-likeness (QED) is 0.294. The van der Waals surface area contributed by atoms with Crippen LogP contribution in [0.4, 0.5) is 0 Å². The van der Waals surface area contributed by atoms with Crippen molar-refractivity contribution >= 4 is 17.5 Å². The minimum Gasteiger partial charge on any atom is -0.484 e. The number of benzene rings is 2. The third kappa shape index (κ3) is 5.69. The van der Waals surface area contributed by atoms with Gasteiger partial charge in [0, 0.05) is 17.7 Å². The van der Waals surface area contributed by atoms with Crippen LogP contribution in [0.5, 0.6) is 5.75 Å². The van der Waals surface area contributed by atoms with E-state index in [1.54, 1.807) is 0 Å². The van der Waals surface area contributed by atoms with Crippen LogP contribution in [0.15, 0.2) is 58.2 Å². The molecular weight excluding hydrogens is 360 g/mol. The minimum atomic E-state index is 0.157. The van der Waals surface area contributed by atoms with E-state index in [1.165, 1.54) is 11.8 Å². The standard InChI is InChI=1S/C21H22N2O3S/c1-15-10-11-16(2)19(13-15)25-14-20-22-23-21(26-20)27-12-6-9-18(24)17-7-4-3-5-8-17/h3-5,7-8,10-11,13H,6,9,12,14H2,1-2H3. The average molecular weight is 382 g/mol. The molecule has 0 N–H and O–H groups in total. The summed E-state index contributed by atoms with van der Waals surface area (Å²) in [6.07, 6.45) is 1.27. The Hall–Kier alpha value is -2.60. The maximum Gasteiger partial charge on any atom is 0.276 e. The van der Waals surface area contributed by atoms with Crippen LogP contribution >= 0.6 is 11.8 Å². The van der Waals surface area contributed by atoms with Crippen LogP contribution in [0, 0.1) is 13.8 Å². The van der Waals surface area contributed by atoms with E-state index >= 15 is 0 Å². The molecule has 0 unspecified atom stereocenters. The molecule has 0 saturated heterocycles. The summed E-state index contributed by atoms with van der Waals surface area (Å²) in [5.74, 6) is 2.17. The molecule has 0 aliphatic rings. The van der Waals surface area contributed by atoms with Crippen molar-refractivity contribution in [2.75, 3.05) is 5.75 Å². The van der Waals surface area contributed by atoms with Gasteiger partial charge in [-0.2, -0.15) is 0 Å². The molecule has 0 fully saturated rings. The van der Waals surface area contributed by atoms with Crippen molar-refractivity contribution < 1.29 is 13.9 Å². The number of hydrogen-bond acceptors (Lipinski definition) is 6. The monoisotopic (exact) mass is 382 g/mol. The highest BCUT2D eigenvalue weighted by Crippen LogP contribution is 2.22. The summed E-state index contributed by atoms with van der Waals surface area (Å²) in [6, 6.07) is 15.4. The molecular formula is C21H22N2O3S. The van der Waals surface area contributed by atoms with Crippen molar-refractivity contribution in [3.8, 4) is 5.75 Å². The van der Waals surface area contributed by atoms with Gasteiger partial charge in [0.2, 0.25) is 0 Å². The van der Waals surface area contributed by atoms with Crippen LogP contribution in [0.1, 0.15) is 40.2 Å². The Labute approximate surface area is 163 Å². The third-order valence-corrected chi connectivity index (χ3v) is 4.92. The Bertz CT molecular complexity index is 893. The van der Waals surface area contributed by atoms with Crippen molar-refractivity contribution in [3.63, 3.8) is 0 Å². The molecule has 27 heavy (non-hydrogen) atoms. The van der Waals surface area contributed by atoms with E-state index in [0.717, 1.165) is 34.6 Å². The Morgan fingerprint density at radius 3 is 2.74 bits per heavy atom. The second-order valence-corrected chi connectivity index (χ2v) is 7.31. The van der Waals surface area contributed by atoms with Gasteiger partial charge in [0.05, 0.1) is 0 Å².